The number of carbonyl (C=O) groups is 1. The standard InChI is InChI=1S/C10H10ClNO4S/c11-8-4-7(10(13)14)5-9(6-8)12-2-1-3-17(12,15)16/h4-6H,1-3H2,(H,13,14). The summed E-state index contributed by atoms with van der Waals surface area (Å²) in [5.41, 5.74) is 0.294. The monoisotopic (exact) mass is 275 g/mol. The van der Waals surface area contributed by atoms with Gasteiger partial charge >= 0.3 is 5.97 Å². The van der Waals surface area contributed by atoms with Gasteiger partial charge in [0, 0.05) is 11.6 Å². The van der Waals surface area contributed by atoms with Crippen molar-refractivity contribution in [2.75, 3.05) is 16.6 Å². The van der Waals surface area contributed by atoms with Crippen molar-refractivity contribution in [3.05, 3.63) is 28.8 Å². The highest BCUT2D eigenvalue weighted by atomic mass is 35.5. The molecule has 0 amide bonds. The van der Waals surface area contributed by atoms with Crippen LogP contribution in [0.3, 0.4) is 0 Å². The zero-order valence-electron chi connectivity index (χ0n) is 8.76. The molecule has 0 aliphatic carbocycles. The molecular weight excluding hydrogens is 266 g/mol. The minimum absolute atomic E-state index is 0.0189. The number of aromatic carboxylic acids is 1. The molecule has 92 valence electrons. The Labute approximate surface area is 104 Å². The number of halogens is 1. The van der Waals surface area contributed by atoms with E-state index in [1.165, 1.54) is 22.5 Å². The average molecular weight is 276 g/mol. The van der Waals surface area contributed by atoms with Gasteiger partial charge in [-0.3, -0.25) is 4.31 Å². The molecule has 0 aromatic heterocycles. The third-order valence-corrected chi connectivity index (χ3v) is 4.60. The van der Waals surface area contributed by atoms with Gasteiger partial charge in [0.05, 0.1) is 17.0 Å². The molecule has 1 aromatic rings. The first-order valence-electron chi connectivity index (χ1n) is 4.94. The summed E-state index contributed by atoms with van der Waals surface area (Å²) in [4.78, 5) is 10.9. The fourth-order valence-corrected chi connectivity index (χ4v) is 3.55. The van der Waals surface area contributed by atoms with E-state index in [1.54, 1.807) is 0 Å². The van der Waals surface area contributed by atoms with Crippen LogP contribution in [0.1, 0.15) is 16.8 Å². The van der Waals surface area contributed by atoms with Crippen molar-refractivity contribution in [1.29, 1.82) is 0 Å². The van der Waals surface area contributed by atoms with Crippen LogP contribution >= 0.6 is 11.6 Å². The number of benzene rings is 1. The highest BCUT2D eigenvalue weighted by Gasteiger charge is 2.29. The Hall–Kier alpha value is -1.27. The van der Waals surface area contributed by atoms with Crippen molar-refractivity contribution in [1.82, 2.24) is 0 Å². The number of nitrogens with zero attached hydrogens (tertiary/aromatic N) is 1. The maximum absolute atomic E-state index is 11.7. The van der Waals surface area contributed by atoms with Crippen molar-refractivity contribution < 1.29 is 18.3 Å². The van der Waals surface area contributed by atoms with E-state index in [0.29, 0.717) is 18.7 Å². The molecule has 0 spiro atoms. The lowest BCUT2D eigenvalue weighted by atomic mass is 10.2. The number of carboxylic acids is 1. The van der Waals surface area contributed by atoms with E-state index in [-0.39, 0.29) is 16.3 Å². The van der Waals surface area contributed by atoms with Gasteiger partial charge in [-0.2, -0.15) is 0 Å². The third kappa shape index (κ3) is 2.37. The van der Waals surface area contributed by atoms with Crippen LogP contribution in [0, 0.1) is 0 Å². The number of hydrogen-bond donors (Lipinski definition) is 1. The van der Waals surface area contributed by atoms with Crippen LogP contribution in [0.25, 0.3) is 0 Å². The number of hydrogen-bond acceptors (Lipinski definition) is 3. The van der Waals surface area contributed by atoms with Gasteiger partial charge in [-0.15, -0.1) is 0 Å². The second kappa shape index (κ2) is 4.19. The molecular formula is C10H10ClNO4S. The number of sulfonamides is 1. The predicted molar refractivity (Wildman–Crippen MR) is 64.2 cm³/mol. The lowest BCUT2D eigenvalue weighted by Crippen LogP contribution is -2.25. The summed E-state index contributed by atoms with van der Waals surface area (Å²) in [6.45, 7) is 0.363. The molecule has 1 heterocycles. The smallest absolute Gasteiger partial charge is 0.335 e. The Kier molecular flexibility index (Phi) is 3.01. The van der Waals surface area contributed by atoms with Crippen molar-refractivity contribution in [2.45, 2.75) is 6.42 Å². The third-order valence-electron chi connectivity index (χ3n) is 2.52. The molecule has 1 fully saturated rings. The summed E-state index contributed by atoms with van der Waals surface area (Å²) in [7, 11) is -3.32. The lowest BCUT2D eigenvalue weighted by Gasteiger charge is -2.17. The van der Waals surface area contributed by atoms with Crippen LogP contribution < -0.4 is 4.31 Å². The minimum Gasteiger partial charge on any atom is -0.478 e. The van der Waals surface area contributed by atoms with E-state index in [0.717, 1.165) is 0 Å². The first-order chi connectivity index (χ1) is 7.90. The molecule has 2 rings (SSSR count). The fraction of sp³-hybridized carbons (Fsp3) is 0.300. The second-order valence-corrected chi connectivity index (χ2v) is 6.19. The Morgan fingerprint density at radius 3 is 2.59 bits per heavy atom. The van der Waals surface area contributed by atoms with Gasteiger partial charge in [0.1, 0.15) is 0 Å². The Bertz CT molecular complexity index is 570. The average Bonchev–Trinajstić information content (AvgIpc) is 2.57. The summed E-state index contributed by atoms with van der Waals surface area (Å²) in [6.07, 6.45) is 0.539. The Morgan fingerprint density at radius 1 is 1.35 bits per heavy atom. The SMILES string of the molecule is O=C(O)c1cc(Cl)cc(N2CCCS2(=O)=O)c1. The molecule has 17 heavy (non-hydrogen) atoms. The topological polar surface area (TPSA) is 74.7 Å². The van der Waals surface area contributed by atoms with Crippen LogP contribution in [0.5, 0.6) is 0 Å². The van der Waals surface area contributed by atoms with Gasteiger partial charge < -0.3 is 5.11 Å². The van der Waals surface area contributed by atoms with Crippen molar-refractivity contribution >= 4 is 33.3 Å². The van der Waals surface area contributed by atoms with Gasteiger partial charge in [-0.1, -0.05) is 11.6 Å². The van der Waals surface area contributed by atoms with E-state index < -0.39 is 16.0 Å². The van der Waals surface area contributed by atoms with E-state index in [4.69, 9.17) is 16.7 Å². The highest BCUT2D eigenvalue weighted by Crippen LogP contribution is 2.28. The van der Waals surface area contributed by atoms with Gasteiger partial charge in [0.2, 0.25) is 10.0 Å². The van der Waals surface area contributed by atoms with Gasteiger partial charge in [-0.05, 0) is 24.6 Å². The molecule has 1 aliphatic heterocycles. The van der Waals surface area contributed by atoms with Crippen LogP contribution in [0.15, 0.2) is 18.2 Å². The molecule has 0 radical (unpaired) electrons. The van der Waals surface area contributed by atoms with E-state index >= 15 is 0 Å². The molecule has 0 unspecified atom stereocenters. The molecule has 7 heteroatoms. The summed E-state index contributed by atoms with van der Waals surface area (Å²) in [6, 6.07) is 4.06. The lowest BCUT2D eigenvalue weighted by molar-refractivity contribution is 0.0697. The zero-order valence-corrected chi connectivity index (χ0v) is 10.3. The first kappa shape index (κ1) is 12.2. The summed E-state index contributed by atoms with van der Waals surface area (Å²) < 4.78 is 24.6. The number of anilines is 1. The molecule has 0 saturated carbocycles. The van der Waals surface area contributed by atoms with Crippen molar-refractivity contribution in [2.24, 2.45) is 0 Å². The second-order valence-electron chi connectivity index (χ2n) is 3.74. The molecule has 1 saturated heterocycles. The summed E-state index contributed by atoms with van der Waals surface area (Å²) in [5.74, 6) is -1.05. The van der Waals surface area contributed by atoms with E-state index in [1.807, 2.05) is 0 Å². The van der Waals surface area contributed by atoms with E-state index in [9.17, 15) is 13.2 Å². The fourth-order valence-electron chi connectivity index (χ4n) is 1.77. The van der Waals surface area contributed by atoms with Crippen LogP contribution in [-0.4, -0.2) is 31.8 Å². The highest BCUT2D eigenvalue weighted by molar-refractivity contribution is 7.93. The van der Waals surface area contributed by atoms with Gasteiger partial charge in [0.15, 0.2) is 0 Å². The van der Waals surface area contributed by atoms with Crippen molar-refractivity contribution in [3.8, 4) is 0 Å². The minimum atomic E-state index is -3.32. The van der Waals surface area contributed by atoms with E-state index in [2.05, 4.69) is 0 Å². The largest absolute Gasteiger partial charge is 0.478 e. The molecule has 5 nitrogen and oxygen atoms in total. The molecule has 1 aliphatic rings. The Morgan fingerprint density at radius 2 is 2.06 bits per heavy atom. The molecule has 1 aromatic carbocycles. The van der Waals surface area contributed by atoms with Gasteiger partial charge in [-0.25, -0.2) is 13.2 Å². The maximum Gasteiger partial charge on any atom is 0.335 e. The first-order valence-corrected chi connectivity index (χ1v) is 6.93. The van der Waals surface area contributed by atoms with Gasteiger partial charge in [0.25, 0.3) is 0 Å². The Balaban J connectivity index is 2.49. The van der Waals surface area contributed by atoms with Crippen LogP contribution in [0.4, 0.5) is 5.69 Å². The summed E-state index contributed by atoms with van der Waals surface area (Å²) in [5, 5.41) is 9.09. The normalized spacial score (nSPS) is 18.3. The summed E-state index contributed by atoms with van der Waals surface area (Å²) >= 11 is 5.78. The molecule has 0 bridgehead atoms. The predicted octanol–water partition coefficient (Wildman–Crippen LogP) is 1.58. The van der Waals surface area contributed by atoms with Crippen LogP contribution in [0.2, 0.25) is 5.02 Å². The molecule has 0 atom stereocenters. The molecule has 1 N–H and O–H groups in total. The number of carboxylic acid groups (broad SMARTS) is 1. The van der Waals surface area contributed by atoms with Crippen LogP contribution in [-0.2, 0) is 10.0 Å². The quantitative estimate of drug-likeness (QED) is 0.889. The van der Waals surface area contributed by atoms with Crippen molar-refractivity contribution in [3.63, 3.8) is 0 Å². The number of rotatable bonds is 2. The zero-order chi connectivity index (χ0) is 12.6. The maximum atomic E-state index is 11.7.